The van der Waals surface area contributed by atoms with Gasteiger partial charge in [0.1, 0.15) is 0 Å². The van der Waals surface area contributed by atoms with Gasteiger partial charge in [-0.2, -0.15) is 16.1 Å². The number of thioether (sulfide) groups is 1. The molecular formula is C15H26N2O2S2. The zero-order valence-electron chi connectivity index (χ0n) is 13.2. The van der Waals surface area contributed by atoms with E-state index in [9.17, 15) is 8.42 Å². The normalized spacial score (nSPS) is 15.1. The lowest BCUT2D eigenvalue weighted by Gasteiger charge is -2.24. The van der Waals surface area contributed by atoms with Gasteiger partial charge in [-0.15, -0.1) is 0 Å². The predicted octanol–water partition coefficient (Wildman–Crippen LogP) is 2.86. The van der Waals surface area contributed by atoms with E-state index in [-0.39, 0.29) is 12.1 Å². The van der Waals surface area contributed by atoms with Gasteiger partial charge < -0.3 is 5.73 Å². The van der Waals surface area contributed by atoms with E-state index in [1.807, 2.05) is 26.2 Å². The summed E-state index contributed by atoms with van der Waals surface area (Å²) in [6, 6.07) is 6.83. The van der Waals surface area contributed by atoms with E-state index < -0.39 is 10.0 Å². The van der Waals surface area contributed by atoms with Crippen molar-refractivity contribution >= 4 is 21.8 Å². The lowest BCUT2D eigenvalue weighted by molar-refractivity contribution is 0.382. The van der Waals surface area contributed by atoms with Gasteiger partial charge in [0.15, 0.2) is 0 Å². The topological polar surface area (TPSA) is 63.4 Å². The average molecular weight is 331 g/mol. The fraction of sp³-hybridized carbons (Fsp3) is 0.600. The van der Waals surface area contributed by atoms with Crippen LogP contribution in [0.4, 0.5) is 0 Å². The number of hydrogen-bond acceptors (Lipinski definition) is 4. The quantitative estimate of drug-likeness (QED) is 0.796. The van der Waals surface area contributed by atoms with E-state index in [0.29, 0.717) is 4.90 Å². The first kappa shape index (κ1) is 18.5. The van der Waals surface area contributed by atoms with Crippen molar-refractivity contribution in [1.29, 1.82) is 0 Å². The molecule has 0 aromatic heterocycles. The molecule has 1 rings (SSSR count). The summed E-state index contributed by atoms with van der Waals surface area (Å²) in [5.74, 6) is 0.946. The Kier molecular flexibility index (Phi) is 7.20. The molecule has 2 atom stereocenters. The van der Waals surface area contributed by atoms with Gasteiger partial charge in [0.2, 0.25) is 10.0 Å². The Balaban J connectivity index is 3.02. The van der Waals surface area contributed by atoms with Crippen molar-refractivity contribution < 1.29 is 8.42 Å². The first-order valence-electron chi connectivity index (χ1n) is 7.17. The van der Waals surface area contributed by atoms with Crippen molar-refractivity contribution in [2.24, 2.45) is 5.73 Å². The SMILES string of the molecule is CCC(N)c1cccc(S(=O)(=O)N(C)C(C)CCSC)c1. The van der Waals surface area contributed by atoms with Gasteiger partial charge in [-0.25, -0.2) is 8.42 Å². The van der Waals surface area contributed by atoms with Crippen LogP contribution in [0.5, 0.6) is 0 Å². The Labute approximate surface area is 133 Å². The standard InChI is InChI=1S/C15H26N2O2S2/c1-5-15(16)13-7-6-8-14(11-13)21(18,19)17(3)12(2)9-10-20-4/h6-8,11-12,15H,5,9-10,16H2,1-4H3. The minimum atomic E-state index is -3.46. The molecule has 120 valence electrons. The second-order valence-corrected chi connectivity index (χ2v) is 8.22. The number of nitrogens with zero attached hydrogens (tertiary/aromatic N) is 1. The second kappa shape index (κ2) is 8.17. The molecule has 0 aliphatic rings. The lowest BCUT2D eigenvalue weighted by atomic mass is 10.1. The first-order valence-corrected chi connectivity index (χ1v) is 10.0. The van der Waals surface area contributed by atoms with Crippen LogP contribution in [-0.2, 0) is 10.0 Å². The van der Waals surface area contributed by atoms with Crippen molar-refractivity contribution in [2.45, 2.75) is 43.7 Å². The highest BCUT2D eigenvalue weighted by Crippen LogP contribution is 2.22. The Bertz CT molecular complexity index is 546. The van der Waals surface area contributed by atoms with Crippen molar-refractivity contribution in [2.75, 3.05) is 19.1 Å². The Morgan fingerprint density at radius 2 is 2.05 bits per heavy atom. The predicted molar refractivity (Wildman–Crippen MR) is 91.1 cm³/mol. The molecule has 1 aromatic rings. The van der Waals surface area contributed by atoms with Crippen LogP contribution < -0.4 is 5.73 Å². The van der Waals surface area contributed by atoms with Crippen molar-refractivity contribution in [3.8, 4) is 0 Å². The molecule has 0 bridgehead atoms. The molecule has 0 saturated carbocycles. The van der Waals surface area contributed by atoms with E-state index in [4.69, 9.17) is 5.73 Å². The number of benzene rings is 1. The number of hydrogen-bond donors (Lipinski definition) is 1. The Morgan fingerprint density at radius 1 is 1.38 bits per heavy atom. The first-order chi connectivity index (χ1) is 9.84. The van der Waals surface area contributed by atoms with Crippen molar-refractivity contribution in [3.05, 3.63) is 29.8 Å². The van der Waals surface area contributed by atoms with Crippen LogP contribution in [0.3, 0.4) is 0 Å². The van der Waals surface area contributed by atoms with Gasteiger partial charge in [0.25, 0.3) is 0 Å². The van der Waals surface area contributed by atoms with E-state index in [1.165, 1.54) is 4.31 Å². The molecule has 0 saturated heterocycles. The maximum Gasteiger partial charge on any atom is 0.243 e. The Morgan fingerprint density at radius 3 is 2.62 bits per heavy atom. The van der Waals surface area contributed by atoms with Crippen LogP contribution in [0.1, 0.15) is 38.3 Å². The second-order valence-electron chi connectivity index (χ2n) is 5.24. The van der Waals surface area contributed by atoms with Gasteiger partial charge in [0.05, 0.1) is 4.90 Å². The summed E-state index contributed by atoms with van der Waals surface area (Å²) in [5, 5.41) is 0. The largest absolute Gasteiger partial charge is 0.324 e. The van der Waals surface area contributed by atoms with E-state index in [1.54, 1.807) is 37.0 Å². The van der Waals surface area contributed by atoms with E-state index in [2.05, 4.69) is 0 Å². The molecule has 4 nitrogen and oxygen atoms in total. The van der Waals surface area contributed by atoms with E-state index in [0.717, 1.165) is 24.2 Å². The third-order valence-corrected chi connectivity index (χ3v) is 6.38. The van der Waals surface area contributed by atoms with Crippen LogP contribution in [0, 0.1) is 0 Å². The summed E-state index contributed by atoms with van der Waals surface area (Å²) >= 11 is 1.73. The summed E-state index contributed by atoms with van der Waals surface area (Å²) in [7, 11) is -1.82. The molecule has 0 spiro atoms. The number of nitrogens with two attached hydrogens (primary N) is 1. The van der Waals surface area contributed by atoms with Crippen molar-refractivity contribution in [3.63, 3.8) is 0 Å². The molecule has 2 unspecified atom stereocenters. The molecule has 0 amide bonds. The molecule has 0 radical (unpaired) electrons. The van der Waals surface area contributed by atoms with Crippen LogP contribution in [0.25, 0.3) is 0 Å². The Hall–Kier alpha value is -0.560. The summed E-state index contributed by atoms with van der Waals surface area (Å²) < 4.78 is 26.8. The minimum absolute atomic E-state index is 0.0223. The lowest BCUT2D eigenvalue weighted by Crippen LogP contribution is -2.35. The highest BCUT2D eigenvalue weighted by atomic mass is 32.2. The van der Waals surface area contributed by atoms with Crippen LogP contribution in [-0.4, -0.2) is 37.8 Å². The van der Waals surface area contributed by atoms with Crippen LogP contribution in [0.15, 0.2) is 29.2 Å². The fourth-order valence-corrected chi connectivity index (χ4v) is 4.04. The smallest absolute Gasteiger partial charge is 0.243 e. The molecular weight excluding hydrogens is 304 g/mol. The monoisotopic (exact) mass is 330 g/mol. The molecule has 1 aromatic carbocycles. The molecule has 0 aliphatic heterocycles. The van der Waals surface area contributed by atoms with Gasteiger partial charge in [0, 0.05) is 19.1 Å². The summed E-state index contributed by atoms with van der Waals surface area (Å²) in [5.41, 5.74) is 6.86. The zero-order valence-corrected chi connectivity index (χ0v) is 14.9. The molecule has 0 aliphatic carbocycles. The van der Waals surface area contributed by atoms with Gasteiger partial charge in [-0.1, -0.05) is 19.1 Å². The fourth-order valence-electron chi connectivity index (χ4n) is 2.01. The third-order valence-electron chi connectivity index (χ3n) is 3.76. The molecule has 21 heavy (non-hydrogen) atoms. The maximum absolute atomic E-state index is 12.7. The number of sulfonamides is 1. The van der Waals surface area contributed by atoms with Gasteiger partial charge >= 0.3 is 0 Å². The average Bonchev–Trinajstić information content (AvgIpc) is 2.50. The van der Waals surface area contributed by atoms with Crippen LogP contribution in [0.2, 0.25) is 0 Å². The summed E-state index contributed by atoms with van der Waals surface area (Å²) in [4.78, 5) is 0.322. The van der Waals surface area contributed by atoms with E-state index >= 15 is 0 Å². The van der Waals surface area contributed by atoms with Gasteiger partial charge in [-0.05, 0) is 49.5 Å². The molecule has 6 heteroatoms. The zero-order chi connectivity index (χ0) is 16.0. The molecule has 0 fully saturated rings. The summed E-state index contributed by atoms with van der Waals surface area (Å²) in [6.45, 7) is 3.93. The highest BCUT2D eigenvalue weighted by molar-refractivity contribution is 7.98. The maximum atomic E-state index is 12.7. The minimum Gasteiger partial charge on any atom is -0.324 e. The molecule has 2 N–H and O–H groups in total. The number of rotatable bonds is 8. The van der Waals surface area contributed by atoms with Crippen molar-refractivity contribution in [1.82, 2.24) is 4.31 Å². The molecule has 0 heterocycles. The highest BCUT2D eigenvalue weighted by Gasteiger charge is 2.25. The van der Waals surface area contributed by atoms with Gasteiger partial charge in [-0.3, -0.25) is 0 Å². The summed E-state index contributed by atoms with van der Waals surface area (Å²) in [6.07, 6.45) is 3.64. The van der Waals surface area contributed by atoms with Crippen LogP contribution >= 0.6 is 11.8 Å². The third kappa shape index (κ3) is 4.71.